The van der Waals surface area contributed by atoms with Crippen LogP contribution in [-0.2, 0) is 5.60 Å². The van der Waals surface area contributed by atoms with Gasteiger partial charge in [0, 0.05) is 21.7 Å². The van der Waals surface area contributed by atoms with Gasteiger partial charge in [-0.05, 0) is 50.2 Å². The van der Waals surface area contributed by atoms with Crippen molar-refractivity contribution < 1.29 is 5.11 Å². The summed E-state index contributed by atoms with van der Waals surface area (Å²) in [5.41, 5.74) is -0.595. The van der Waals surface area contributed by atoms with Crippen LogP contribution in [0.15, 0.2) is 30.3 Å². The van der Waals surface area contributed by atoms with Gasteiger partial charge in [-0.15, -0.1) is 11.3 Å². The van der Waals surface area contributed by atoms with E-state index in [0.717, 1.165) is 12.8 Å². The van der Waals surface area contributed by atoms with E-state index in [1.165, 1.54) is 27.8 Å². The van der Waals surface area contributed by atoms with E-state index < -0.39 is 5.60 Å². The number of hydrogen-bond donors (Lipinski definition) is 1. The molecule has 0 amide bonds. The lowest BCUT2D eigenvalue weighted by atomic mass is 9.85. The molecule has 0 aliphatic carbocycles. The van der Waals surface area contributed by atoms with Gasteiger partial charge < -0.3 is 10.0 Å². The van der Waals surface area contributed by atoms with E-state index in [1.54, 1.807) is 11.3 Å². The van der Waals surface area contributed by atoms with E-state index in [2.05, 4.69) is 42.3 Å². The standard InChI is InChI=1S/C16H19NOS/c1-17-12-6-7-13(17)10-16(18,9-12)15-8-11-4-2-3-5-14(11)19-15/h2-5,8,12-13,18H,6-7,9-10H2,1H3. The van der Waals surface area contributed by atoms with Crippen molar-refractivity contribution in [1.29, 1.82) is 0 Å². The van der Waals surface area contributed by atoms with Crippen LogP contribution in [0.25, 0.3) is 10.1 Å². The molecule has 2 unspecified atom stereocenters. The molecule has 2 aliphatic heterocycles. The smallest absolute Gasteiger partial charge is 0.102 e. The summed E-state index contributed by atoms with van der Waals surface area (Å²) in [6, 6.07) is 11.8. The maximum absolute atomic E-state index is 11.1. The van der Waals surface area contributed by atoms with Crippen LogP contribution in [0.5, 0.6) is 0 Å². The summed E-state index contributed by atoms with van der Waals surface area (Å²) in [6.07, 6.45) is 4.28. The number of hydrogen-bond acceptors (Lipinski definition) is 3. The van der Waals surface area contributed by atoms with Gasteiger partial charge in [-0.25, -0.2) is 0 Å². The average Bonchev–Trinajstić information content (AvgIpc) is 2.92. The van der Waals surface area contributed by atoms with Crippen molar-refractivity contribution >= 4 is 21.4 Å². The summed E-state index contributed by atoms with van der Waals surface area (Å²) >= 11 is 1.77. The van der Waals surface area contributed by atoms with Crippen LogP contribution in [0.1, 0.15) is 30.6 Å². The maximum atomic E-state index is 11.1. The molecule has 2 aliphatic rings. The highest BCUT2D eigenvalue weighted by Crippen LogP contribution is 2.47. The summed E-state index contributed by atoms with van der Waals surface area (Å²) in [5.74, 6) is 0. The second-order valence-electron chi connectivity index (χ2n) is 6.14. The third-order valence-electron chi connectivity index (χ3n) is 5.02. The van der Waals surface area contributed by atoms with Gasteiger partial charge in [0.05, 0.1) is 0 Å². The molecule has 3 heterocycles. The molecule has 2 nitrogen and oxygen atoms in total. The fraction of sp³-hybridized carbons (Fsp3) is 0.500. The molecule has 1 N–H and O–H groups in total. The largest absolute Gasteiger partial charge is 0.384 e. The highest BCUT2D eigenvalue weighted by Gasteiger charge is 2.47. The summed E-state index contributed by atoms with van der Waals surface area (Å²) in [7, 11) is 2.22. The van der Waals surface area contributed by atoms with Crippen LogP contribution >= 0.6 is 11.3 Å². The molecule has 0 radical (unpaired) electrons. The Kier molecular flexibility index (Phi) is 2.53. The first-order chi connectivity index (χ1) is 9.16. The zero-order valence-corrected chi connectivity index (χ0v) is 12.0. The van der Waals surface area contributed by atoms with Crippen molar-refractivity contribution in [2.24, 2.45) is 0 Å². The molecular formula is C16H19NOS. The van der Waals surface area contributed by atoms with Crippen LogP contribution < -0.4 is 0 Å². The summed E-state index contributed by atoms with van der Waals surface area (Å²) in [5, 5.41) is 12.4. The molecule has 0 saturated carbocycles. The molecule has 1 aromatic carbocycles. The number of rotatable bonds is 1. The van der Waals surface area contributed by atoms with Gasteiger partial charge in [0.2, 0.25) is 0 Å². The molecule has 100 valence electrons. The van der Waals surface area contributed by atoms with Crippen molar-refractivity contribution in [3.8, 4) is 0 Å². The predicted octanol–water partition coefficient (Wildman–Crippen LogP) is 3.35. The molecule has 0 spiro atoms. The Morgan fingerprint density at radius 3 is 2.58 bits per heavy atom. The number of aliphatic hydroxyl groups is 1. The Hall–Kier alpha value is -0.900. The number of piperidine rings is 1. The van der Waals surface area contributed by atoms with E-state index in [0.29, 0.717) is 12.1 Å². The number of fused-ring (bicyclic) bond motifs is 3. The molecule has 3 heteroatoms. The summed E-state index contributed by atoms with van der Waals surface area (Å²) < 4.78 is 1.29. The summed E-state index contributed by atoms with van der Waals surface area (Å²) in [4.78, 5) is 3.64. The first-order valence-electron chi connectivity index (χ1n) is 7.09. The first-order valence-corrected chi connectivity index (χ1v) is 7.91. The Bertz CT molecular complexity index is 573. The molecule has 2 bridgehead atoms. The van der Waals surface area contributed by atoms with Crippen LogP contribution in [-0.4, -0.2) is 29.1 Å². The quantitative estimate of drug-likeness (QED) is 0.861. The molecule has 2 fully saturated rings. The molecule has 2 saturated heterocycles. The second-order valence-corrected chi connectivity index (χ2v) is 7.22. The van der Waals surface area contributed by atoms with Crippen LogP contribution in [0, 0.1) is 0 Å². The van der Waals surface area contributed by atoms with E-state index in [-0.39, 0.29) is 0 Å². The van der Waals surface area contributed by atoms with Crippen molar-refractivity contribution in [1.82, 2.24) is 4.90 Å². The lowest BCUT2D eigenvalue weighted by molar-refractivity contribution is -0.0465. The minimum atomic E-state index is -0.595. The highest BCUT2D eigenvalue weighted by molar-refractivity contribution is 7.19. The Morgan fingerprint density at radius 1 is 1.21 bits per heavy atom. The van der Waals surface area contributed by atoms with Gasteiger partial charge in [0.15, 0.2) is 0 Å². The lowest BCUT2D eigenvalue weighted by Gasteiger charge is -2.41. The molecule has 4 rings (SSSR count). The minimum absolute atomic E-state index is 0.564. The highest BCUT2D eigenvalue weighted by atomic mass is 32.1. The fourth-order valence-corrected chi connectivity index (χ4v) is 5.03. The van der Waals surface area contributed by atoms with E-state index >= 15 is 0 Å². The van der Waals surface area contributed by atoms with Gasteiger partial charge in [-0.1, -0.05) is 18.2 Å². The topological polar surface area (TPSA) is 23.5 Å². The normalized spacial score (nSPS) is 35.1. The monoisotopic (exact) mass is 273 g/mol. The number of thiophene rings is 1. The van der Waals surface area contributed by atoms with Crippen LogP contribution in [0.3, 0.4) is 0 Å². The van der Waals surface area contributed by atoms with Crippen LogP contribution in [0.4, 0.5) is 0 Å². The molecule has 2 aromatic rings. The molecule has 1 aromatic heterocycles. The van der Waals surface area contributed by atoms with Crippen molar-refractivity contribution in [2.45, 2.75) is 43.4 Å². The van der Waals surface area contributed by atoms with Crippen molar-refractivity contribution in [3.05, 3.63) is 35.2 Å². The first kappa shape index (κ1) is 11.9. The van der Waals surface area contributed by atoms with Gasteiger partial charge >= 0.3 is 0 Å². The number of benzene rings is 1. The van der Waals surface area contributed by atoms with E-state index in [1.807, 2.05) is 0 Å². The van der Waals surface area contributed by atoms with Gasteiger partial charge in [0.25, 0.3) is 0 Å². The van der Waals surface area contributed by atoms with Gasteiger partial charge in [-0.2, -0.15) is 0 Å². The molecule has 19 heavy (non-hydrogen) atoms. The zero-order valence-electron chi connectivity index (χ0n) is 11.2. The third kappa shape index (κ3) is 1.76. The van der Waals surface area contributed by atoms with Gasteiger partial charge in [-0.3, -0.25) is 0 Å². The molecule has 2 atom stereocenters. The van der Waals surface area contributed by atoms with E-state index in [4.69, 9.17) is 0 Å². The second kappa shape index (κ2) is 4.05. The minimum Gasteiger partial charge on any atom is -0.384 e. The van der Waals surface area contributed by atoms with Crippen LogP contribution in [0.2, 0.25) is 0 Å². The average molecular weight is 273 g/mol. The Labute approximate surface area is 117 Å². The zero-order chi connectivity index (χ0) is 13.0. The Balaban J connectivity index is 1.75. The SMILES string of the molecule is CN1C2CCC1CC(O)(c1cc3ccccc3s1)C2. The molecular weight excluding hydrogens is 254 g/mol. The third-order valence-corrected chi connectivity index (χ3v) is 6.33. The fourth-order valence-electron chi connectivity index (χ4n) is 3.86. The Morgan fingerprint density at radius 2 is 1.89 bits per heavy atom. The van der Waals surface area contributed by atoms with E-state index in [9.17, 15) is 5.11 Å². The lowest BCUT2D eigenvalue weighted by Crippen LogP contribution is -2.47. The number of nitrogens with zero attached hydrogens (tertiary/aromatic N) is 1. The van der Waals surface area contributed by atoms with Gasteiger partial charge in [0.1, 0.15) is 5.60 Å². The van der Waals surface area contributed by atoms with Crippen molar-refractivity contribution in [2.75, 3.05) is 7.05 Å². The van der Waals surface area contributed by atoms with Crippen molar-refractivity contribution in [3.63, 3.8) is 0 Å². The maximum Gasteiger partial charge on any atom is 0.102 e. The summed E-state index contributed by atoms with van der Waals surface area (Å²) in [6.45, 7) is 0. The predicted molar refractivity (Wildman–Crippen MR) is 79.5 cm³/mol.